The maximum Gasteiger partial charge on any atom is 0.172 e. The molecule has 0 aliphatic heterocycles. The summed E-state index contributed by atoms with van der Waals surface area (Å²) in [6, 6.07) is 2.04. The average molecular weight is 503 g/mol. The average Bonchev–Trinajstić information content (AvgIpc) is 2.70. The van der Waals surface area contributed by atoms with E-state index in [-0.39, 0.29) is 0 Å². The Balaban J connectivity index is 2.57. The zero-order chi connectivity index (χ0) is 13.3. The van der Waals surface area contributed by atoms with Crippen LogP contribution in [0.1, 0.15) is 12.6 Å². The minimum absolute atomic E-state index is 0.771. The van der Waals surface area contributed by atoms with Gasteiger partial charge < -0.3 is 5.32 Å². The van der Waals surface area contributed by atoms with Crippen molar-refractivity contribution in [2.24, 2.45) is 0 Å². The van der Waals surface area contributed by atoms with Gasteiger partial charge in [-0.05, 0) is 66.9 Å². The number of rotatable bonds is 3. The Hall–Kier alpha value is 0.270. The molecule has 0 aromatic carbocycles. The highest BCUT2D eigenvalue weighted by atomic mass is 127. The van der Waals surface area contributed by atoms with Crippen molar-refractivity contribution in [1.82, 2.24) is 9.97 Å². The fourth-order valence-electron chi connectivity index (χ4n) is 1.46. The molecule has 0 unspecified atom stereocenters. The third kappa shape index (κ3) is 2.88. The van der Waals surface area contributed by atoms with E-state index in [0.717, 1.165) is 40.5 Å². The molecule has 0 bridgehead atoms. The predicted molar refractivity (Wildman–Crippen MR) is 92.4 cm³/mol. The van der Waals surface area contributed by atoms with Gasteiger partial charge >= 0.3 is 0 Å². The van der Waals surface area contributed by atoms with Gasteiger partial charge in [-0.25, -0.2) is 9.97 Å². The number of aromatic nitrogens is 2. The van der Waals surface area contributed by atoms with Crippen LogP contribution < -0.4 is 5.32 Å². The van der Waals surface area contributed by atoms with E-state index in [9.17, 15) is 0 Å². The molecule has 18 heavy (non-hydrogen) atoms. The van der Waals surface area contributed by atoms with Crippen molar-refractivity contribution in [3.8, 4) is 10.7 Å². The topological polar surface area (TPSA) is 37.8 Å². The van der Waals surface area contributed by atoms with Crippen molar-refractivity contribution in [3.63, 3.8) is 0 Å². The van der Waals surface area contributed by atoms with Crippen LogP contribution in [0.25, 0.3) is 10.7 Å². The molecule has 0 saturated carbocycles. The summed E-state index contributed by atoms with van der Waals surface area (Å²) in [5, 5.41) is 3.12. The van der Waals surface area contributed by atoms with Crippen molar-refractivity contribution in [1.29, 1.82) is 0 Å². The summed E-state index contributed by atoms with van der Waals surface area (Å²) in [6.45, 7) is 2.11. The van der Waals surface area contributed by atoms with Gasteiger partial charge in [-0.1, -0.05) is 6.92 Å². The summed E-state index contributed by atoms with van der Waals surface area (Å²) in [6.07, 6.45) is 0.899. The summed E-state index contributed by atoms with van der Waals surface area (Å²) in [7, 11) is 1.88. The van der Waals surface area contributed by atoms with Crippen LogP contribution in [0.2, 0.25) is 0 Å². The first-order chi connectivity index (χ1) is 8.56. The first kappa shape index (κ1) is 14.7. The first-order valence-corrected chi connectivity index (χ1v) is 8.74. The maximum absolute atomic E-state index is 4.63. The molecule has 0 amide bonds. The third-order valence-corrected chi connectivity index (χ3v) is 6.74. The Bertz CT molecular complexity index is 541. The lowest BCUT2D eigenvalue weighted by atomic mass is 10.3. The second kappa shape index (κ2) is 6.15. The van der Waals surface area contributed by atoms with Crippen molar-refractivity contribution in [2.45, 2.75) is 13.3 Å². The molecule has 2 aromatic heterocycles. The van der Waals surface area contributed by atoms with Crippen LogP contribution in [0, 0.1) is 3.57 Å². The van der Waals surface area contributed by atoms with Gasteiger partial charge in [-0.15, -0.1) is 11.3 Å². The van der Waals surface area contributed by atoms with Gasteiger partial charge in [0, 0.05) is 11.5 Å². The first-order valence-electron chi connectivity index (χ1n) is 5.26. The van der Waals surface area contributed by atoms with Crippen molar-refractivity contribution in [3.05, 3.63) is 23.6 Å². The van der Waals surface area contributed by atoms with Gasteiger partial charge in [-0.3, -0.25) is 0 Å². The molecule has 2 heterocycles. The SMILES string of the molecule is CCc1nc(-c2cc(Br)c(Br)s2)nc(NC)c1I. The summed E-state index contributed by atoms with van der Waals surface area (Å²) in [4.78, 5) is 10.2. The van der Waals surface area contributed by atoms with E-state index < -0.39 is 0 Å². The monoisotopic (exact) mass is 501 g/mol. The van der Waals surface area contributed by atoms with Crippen LogP contribution in [-0.2, 0) is 6.42 Å². The fourth-order valence-corrected chi connectivity index (χ4v) is 4.32. The number of aryl methyl sites for hydroxylation is 1. The van der Waals surface area contributed by atoms with Crippen molar-refractivity contribution >= 4 is 71.6 Å². The molecular formula is C11H10Br2IN3S. The number of hydrogen-bond donors (Lipinski definition) is 1. The van der Waals surface area contributed by atoms with Crippen LogP contribution in [0.4, 0.5) is 5.82 Å². The second-order valence-electron chi connectivity index (χ2n) is 3.49. The number of nitrogens with zero attached hydrogens (tertiary/aromatic N) is 2. The summed E-state index contributed by atoms with van der Waals surface area (Å²) < 4.78 is 3.19. The Morgan fingerprint density at radius 2 is 2.11 bits per heavy atom. The number of halogens is 3. The second-order valence-corrected chi connectivity index (χ2v) is 7.80. The minimum atomic E-state index is 0.771. The predicted octanol–water partition coefficient (Wildman–Crippen LogP) is 4.94. The van der Waals surface area contributed by atoms with Gasteiger partial charge in [-0.2, -0.15) is 0 Å². The molecule has 0 aliphatic carbocycles. The number of hydrogen-bond acceptors (Lipinski definition) is 4. The van der Waals surface area contributed by atoms with Gasteiger partial charge in [0.05, 0.1) is 17.9 Å². The molecule has 0 atom stereocenters. The Morgan fingerprint density at radius 1 is 1.39 bits per heavy atom. The van der Waals surface area contributed by atoms with E-state index in [2.05, 4.69) is 76.7 Å². The summed E-state index contributed by atoms with van der Waals surface area (Å²) in [5.74, 6) is 1.66. The lowest BCUT2D eigenvalue weighted by molar-refractivity contribution is 0.992. The highest BCUT2D eigenvalue weighted by Crippen LogP contribution is 2.37. The Kier molecular flexibility index (Phi) is 5.01. The quantitative estimate of drug-likeness (QED) is 0.604. The van der Waals surface area contributed by atoms with E-state index in [4.69, 9.17) is 0 Å². The molecule has 2 rings (SSSR count). The molecule has 96 valence electrons. The van der Waals surface area contributed by atoms with E-state index in [0.29, 0.717) is 0 Å². The normalized spacial score (nSPS) is 10.7. The van der Waals surface area contributed by atoms with Crippen LogP contribution in [0.5, 0.6) is 0 Å². The number of thiophene rings is 1. The Labute approximate surface area is 140 Å². The maximum atomic E-state index is 4.63. The molecule has 0 fully saturated rings. The summed E-state index contributed by atoms with van der Waals surface area (Å²) in [5.41, 5.74) is 1.07. The molecule has 0 radical (unpaired) electrons. The highest BCUT2D eigenvalue weighted by Gasteiger charge is 2.14. The lowest BCUT2D eigenvalue weighted by Crippen LogP contribution is -2.04. The van der Waals surface area contributed by atoms with Crippen molar-refractivity contribution < 1.29 is 0 Å². The van der Waals surface area contributed by atoms with Crippen LogP contribution in [-0.4, -0.2) is 17.0 Å². The minimum Gasteiger partial charge on any atom is -0.372 e. The highest BCUT2D eigenvalue weighted by molar-refractivity contribution is 14.1. The van der Waals surface area contributed by atoms with Crippen LogP contribution in [0.3, 0.4) is 0 Å². The molecule has 0 aliphatic rings. The zero-order valence-corrected chi connectivity index (χ0v) is 15.9. The smallest absolute Gasteiger partial charge is 0.172 e. The molecule has 7 heteroatoms. The van der Waals surface area contributed by atoms with Gasteiger partial charge in [0.1, 0.15) is 5.82 Å². The van der Waals surface area contributed by atoms with Gasteiger partial charge in [0.15, 0.2) is 5.82 Å². The molecule has 2 aromatic rings. The van der Waals surface area contributed by atoms with Crippen LogP contribution >= 0.6 is 65.8 Å². The zero-order valence-electron chi connectivity index (χ0n) is 9.72. The molecular weight excluding hydrogens is 493 g/mol. The molecule has 0 saturated heterocycles. The van der Waals surface area contributed by atoms with Crippen molar-refractivity contribution in [2.75, 3.05) is 12.4 Å². The van der Waals surface area contributed by atoms with E-state index >= 15 is 0 Å². The molecule has 0 spiro atoms. The third-order valence-electron chi connectivity index (χ3n) is 2.36. The van der Waals surface area contributed by atoms with E-state index in [1.165, 1.54) is 0 Å². The van der Waals surface area contributed by atoms with Crippen LogP contribution in [0.15, 0.2) is 14.3 Å². The Morgan fingerprint density at radius 3 is 2.61 bits per heavy atom. The largest absolute Gasteiger partial charge is 0.372 e. The van der Waals surface area contributed by atoms with Gasteiger partial charge in [0.2, 0.25) is 0 Å². The molecule has 1 N–H and O–H groups in total. The summed E-state index contributed by atoms with van der Waals surface area (Å²) >= 11 is 10.9. The number of anilines is 1. The lowest BCUT2D eigenvalue weighted by Gasteiger charge is -2.08. The van der Waals surface area contributed by atoms with Gasteiger partial charge in [0.25, 0.3) is 0 Å². The standard InChI is InChI=1S/C11H10Br2IN3S/c1-3-6-8(14)11(15-2)17-10(16-6)7-4-5(12)9(13)18-7/h4H,3H2,1-2H3,(H,15,16,17). The fraction of sp³-hybridized carbons (Fsp3) is 0.273. The molecule has 3 nitrogen and oxygen atoms in total. The van der Waals surface area contributed by atoms with E-state index in [1.807, 2.05) is 13.1 Å². The van der Waals surface area contributed by atoms with E-state index in [1.54, 1.807) is 11.3 Å². The number of nitrogens with one attached hydrogen (secondary N) is 1.